The van der Waals surface area contributed by atoms with Crippen LogP contribution < -0.4 is 5.73 Å². The molecule has 0 aliphatic rings. The highest BCUT2D eigenvalue weighted by Gasteiger charge is 2.16. The molecular formula is C22H17N5. The van der Waals surface area contributed by atoms with Crippen molar-refractivity contribution in [1.82, 2.24) is 19.5 Å². The Morgan fingerprint density at radius 1 is 0.667 bits per heavy atom. The fourth-order valence-electron chi connectivity index (χ4n) is 3.39. The average molecular weight is 351 g/mol. The molecular weight excluding hydrogens is 334 g/mol. The Bertz CT molecular complexity index is 1270. The summed E-state index contributed by atoms with van der Waals surface area (Å²) in [6.07, 6.45) is 0. The van der Waals surface area contributed by atoms with Gasteiger partial charge in [0.2, 0.25) is 5.95 Å². The lowest BCUT2D eigenvalue weighted by atomic mass is 10.0. The molecule has 0 bridgehead atoms. The number of nitrogens with two attached hydrogens (primary N) is 1. The molecule has 0 aliphatic carbocycles. The van der Waals surface area contributed by atoms with Gasteiger partial charge in [-0.05, 0) is 12.1 Å². The summed E-state index contributed by atoms with van der Waals surface area (Å²) in [5.74, 6) is 0.465. The molecule has 0 aliphatic heterocycles. The van der Waals surface area contributed by atoms with Crippen molar-refractivity contribution in [3.05, 3.63) is 72.8 Å². The van der Waals surface area contributed by atoms with Crippen molar-refractivity contribution in [1.29, 1.82) is 0 Å². The summed E-state index contributed by atoms with van der Waals surface area (Å²) in [7, 11) is 1.90. The number of hydrogen-bond acceptors (Lipinski definition) is 4. The monoisotopic (exact) mass is 351 g/mol. The Kier molecular flexibility index (Phi) is 3.40. The van der Waals surface area contributed by atoms with Gasteiger partial charge in [-0.1, -0.05) is 60.7 Å². The highest BCUT2D eigenvalue weighted by molar-refractivity contribution is 6.03. The number of nitrogens with zero attached hydrogens (tertiary/aromatic N) is 4. The van der Waals surface area contributed by atoms with Gasteiger partial charge in [-0.15, -0.1) is 0 Å². The van der Waals surface area contributed by atoms with E-state index in [0.717, 1.165) is 44.6 Å². The Hall–Kier alpha value is -3.73. The topological polar surface area (TPSA) is 69.6 Å². The molecule has 0 fully saturated rings. The largest absolute Gasteiger partial charge is 0.369 e. The number of nitrogen functional groups attached to an aromatic ring is 1. The standard InChI is InChI=1S/C22H17N5/c1-27-17-13-12-16-20(21(17)26-22(27)23)25-19(15-10-6-3-7-11-15)18(24-16)14-8-4-2-5-9-14/h2-13H,1H3,(H2,23,26). The second-order valence-corrected chi connectivity index (χ2v) is 6.48. The third-order valence-corrected chi connectivity index (χ3v) is 4.81. The quantitative estimate of drug-likeness (QED) is 0.511. The highest BCUT2D eigenvalue weighted by atomic mass is 15.1. The zero-order valence-electron chi connectivity index (χ0n) is 14.8. The van der Waals surface area contributed by atoms with Crippen molar-refractivity contribution in [2.45, 2.75) is 0 Å². The maximum Gasteiger partial charge on any atom is 0.201 e. The molecule has 0 radical (unpaired) electrons. The van der Waals surface area contributed by atoms with Crippen LogP contribution >= 0.6 is 0 Å². The second kappa shape index (κ2) is 5.92. The van der Waals surface area contributed by atoms with Gasteiger partial charge in [-0.25, -0.2) is 15.0 Å². The molecule has 5 rings (SSSR count). The zero-order valence-corrected chi connectivity index (χ0v) is 14.8. The summed E-state index contributed by atoms with van der Waals surface area (Å²) in [6.45, 7) is 0. The van der Waals surface area contributed by atoms with Gasteiger partial charge < -0.3 is 10.3 Å². The van der Waals surface area contributed by atoms with E-state index in [9.17, 15) is 0 Å². The van der Waals surface area contributed by atoms with Gasteiger partial charge in [0.05, 0.1) is 22.4 Å². The van der Waals surface area contributed by atoms with Gasteiger partial charge in [0.25, 0.3) is 0 Å². The smallest absolute Gasteiger partial charge is 0.201 e. The van der Waals surface area contributed by atoms with Crippen molar-refractivity contribution in [2.24, 2.45) is 7.05 Å². The van der Waals surface area contributed by atoms with E-state index in [-0.39, 0.29) is 0 Å². The van der Waals surface area contributed by atoms with E-state index < -0.39 is 0 Å². The van der Waals surface area contributed by atoms with Crippen molar-refractivity contribution in [2.75, 3.05) is 5.73 Å². The molecule has 130 valence electrons. The first-order valence-corrected chi connectivity index (χ1v) is 8.76. The number of aryl methyl sites for hydroxylation is 1. The summed E-state index contributed by atoms with van der Waals surface area (Å²) < 4.78 is 1.86. The number of benzene rings is 3. The van der Waals surface area contributed by atoms with E-state index in [2.05, 4.69) is 29.2 Å². The minimum absolute atomic E-state index is 0.465. The molecule has 5 nitrogen and oxygen atoms in total. The predicted octanol–water partition coefficient (Wildman–Crippen LogP) is 4.43. The van der Waals surface area contributed by atoms with E-state index in [1.165, 1.54) is 0 Å². The molecule has 0 saturated carbocycles. The second-order valence-electron chi connectivity index (χ2n) is 6.48. The summed E-state index contributed by atoms with van der Waals surface area (Å²) in [5.41, 5.74) is 13.1. The van der Waals surface area contributed by atoms with Crippen molar-refractivity contribution < 1.29 is 0 Å². The Morgan fingerprint density at radius 2 is 1.26 bits per heavy atom. The molecule has 0 atom stereocenters. The van der Waals surface area contributed by atoms with Crippen LogP contribution in [0.25, 0.3) is 44.6 Å². The summed E-state index contributed by atoms with van der Waals surface area (Å²) in [5, 5.41) is 0. The third-order valence-electron chi connectivity index (χ3n) is 4.81. The van der Waals surface area contributed by atoms with Crippen LogP contribution in [0.3, 0.4) is 0 Å². The van der Waals surface area contributed by atoms with Crippen LogP contribution in [0.1, 0.15) is 0 Å². The Morgan fingerprint density at radius 3 is 1.89 bits per heavy atom. The molecule has 0 spiro atoms. The fraction of sp³-hybridized carbons (Fsp3) is 0.0455. The Labute approximate surface area is 156 Å². The zero-order chi connectivity index (χ0) is 18.4. The summed E-state index contributed by atoms with van der Waals surface area (Å²) in [4.78, 5) is 14.5. The van der Waals surface area contributed by atoms with Gasteiger partial charge in [0.15, 0.2) is 0 Å². The lowest BCUT2D eigenvalue weighted by Crippen LogP contribution is -1.96. The van der Waals surface area contributed by atoms with Crippen molar-refractivity contribution in [3.8, 4) is 22.5 Å². The summed E-state index contributed by atoms with van der Waals surface area (Å²) >= 11 is 0. The van der Waals surface area contributed by atoms with Crippen LogP contribution in [-0.4, -0.2) is 19.5 Å². The number of imidazole rings is 1. The molecule has 2 heterocycles. The van der Waals surface area contributed by atoms with E-state index in [4.69, 9.17) is 15.7 Å². The number of anilines is 1. The first kappa shape index (κ1) is 15.5. The number of rotatable bonds is 2. The Balaban J connectivity index is 1.90. The van der Waals surface area contributed by atoms with E-state index in [1.54, 1.807) is 0 Å². The molecule has 2 N–H and O–H groups in total. The van der Waals surface area contributed by atoms with Gasteiger partial charge >= 0.3 is 0 Å². The maximum absolute atomic E-state index is 6.02. The minimum atomic E-state index is 0.465. The third kappa shape index (κ3) is 2.44. The van der Waals surface area contributed by atoms with Gasteiger partial charge in [-0.3, -0.25) is 0 Å². The SMILES string of the molecule is Cn1c(N)nc2c3nc(-c4ccccc4)c(-c4ccccc4)nc3ccc21. The molecule has 3 aromatic carbocycles. The molecule has 0 amide bonds. The molecule has 2 aromatic heterocycles. The predicted molar refractivity (Wildman–Crippen MR) is 109 cm³/mol. The van der Waals surface area contributed by atoms with Crippen molar-refractivity contribution in [3.63, 3.8) is 0 Å². The first-order chi connectivity index (χ1) is 13.2. The lowest BCUT2D eigenvalue weighted by Gasteiger charge is -2.11. The van der Waals surface area contributed by atoms with Crippen LogP contribution in [0.2, 0.25) is 0 Å². The normalized spacial score (nSPS) is 11.3. The number of hydrogen-bond donors (Lipinski definition) is 1. The molecule has 5 aromatic rings. The molecule has 5 heteroatoms. The van der Waals surface area contributed by atoms with Crippen molar-refractivity contribution >= 4 is 28.0 Å². The van der Waals surface area contributed by atoms with Crippen LogP contribution in [0, 0.1) is 0 Å². The van der Waals surface area contributed by atoms with E-state index >= 15 is 0 Å². The van der Waals surface area contributed by atoms with E-state index in [0.29, 0.717) is 5.95 Å². The van der Waals surface area contributed by atoms with Gasteiger partial charge in [-0.2, -0.15) is 0 Å². The first-order valence-electron chi connectivity index (χ1n) is 8.76. The van der Waals surface area contributed by atoms with Crippen LogP contribution in [0.15, 0.2) is 72.8 Å². The van der Waals surface area contributed by atoms with Crippen LogP contribution in [0.5, 0.6) is 0 Å². The molecule has 0 unspecified atom stereocenters. The maximum atomic E-state index is 6.02. The van der Waals surface area contributed by atoms with Gasteiger partial charge in [0.1, 0.15) is 11.0 Å². The fourth-order valence-corrected chi connectivity index (χ4v) is 3.39. The van der Waals surface area contributed by atoms with Crippen LogP contribution in [0.4, 0.5) is 5.95 Å². The molecule has 0 saturated heterocycles. The number of fused-ring (bicyclic) bond motifs is 3. The minimum Gasteiger partial charge on any atom is -0.369 e. The highest BCUT2D eigenvalue weighted by Crippen LogP contribution is 2.33. The lowest BCUT2D eigenvalue weighted by molar-refractivity contribution is 0.965. The molecule has 27 heavy (non-hydrogen) atoms. The average Bonchev–Trinajstić information content (AvgIpc) is 3.02. The number of aromatic nitrogens is 4. The summed E-state index contributed by atoms with van der Waals surface area (Å²) in [6, 6.07) is 24.2. The van der Waals surface area contributed by atoms with Gasteiger partial charge in [0, 0.05) is 18.2 Å². The van der Waals surface area contributed by atoms with E-state index in [1.807, 2.05) is 60.1 Å². The van der Waals surface area contributed by atoms with Crippen LogP contribution in [-0.2, 0) is 7.05 Å².